The molecule has 122 valence electrons. The lowest BCUT2D eigenvalue weighted by Gasteiger charge is -2.26. The third-order valence-corrected chi connectivity index (χ3v) is 6.02. The highest BCUT2D eigenvalue weighted by atomic mass is 32.2. The minimum Gasteiger partial charge on any atom is -0.451 e. The SMILES string of the molecule is C=CCN(C(=O)c1oc2ccccc2c1C)[C@H]1CCS(=O)(=O)C1. The quantitative estimate of drug-likeness (QED) is 0.807. The summed E-state index contributed by atoms with van der Waals surface area (Å²) in [4.78, 5) is 14.5. The first-order valence-electron chi connectivity index (χ1n) is 7.53. The highest BCUT2D eigenvalue weighted by molar-refractivity contribution is 7.91. The molecule has 5 nitrogen and oxygen atoms in total. The highest BCUT2D eigenvalue weighted by Gasteiger charge is 2.36. The number of nitrogens with zero attached hydrogens (tertiary/aromatic N) is 1. The predicted octanol–water partition coefficient (Wildman–Crippen LogP) is 2.56. The van der Waals surface area contributed by atoms with Crippen molar-refractivity contribution >= 4 is 26.7 Å². The lowest BCUT2D eigenvalue weighted by molar-refractivity contribution is 0.0689. The Hall–Kier alpha value is -2.08. The standard InChI is InChI=1S/C17H19NO4S/c1-3-9-18(13-8-10-23(20,21)11-13)17(19)16-12(2)14-6-4-5-7-15(14)22-16/h3-7,13H,1,8-11H2,2H3/t13-/m0/s1. The van der Waals surface area contributed by atoms with Crippen molar-refractivity contribution in [2.24, 2.45) is 0 Å². The molecule has 6 heteroatoms. The van der Waals surface area contributed by atoms with Crippen molar-refractivity contribution < 1.29 is 17.6 Å². The molecule has 0 saturated carbocycles. The summed E-state index contributed by atoms with van der Waals surface area (Å²) in [5.41, 5.74) is 1.44. The van der Waals surface area contributed by atoms with Crippen molar-refractivity contribution in [1.82, 2.24) is 4.90 Å². The van der Waals surface area contributed by atoms with E-state index >= 15 is 0 Å². The summed E-state index contributed by atoms with van der Waals surface area (Å²) in [6, 6.07) is 7.15. The van der Waals surface area contributed by atoms with E-state index in [-0.39, 0.29) is 29.2 Å². The molecule has 3 rings (SSSR count). The predicted molar refractivity (Wildman–Crippen MR) is 89.2 cm³/mol. The van der Waals surface area contributed by atoms with E-state index in [0.717, 1.165) is 10.9 Å². The van der Waals surface area contributed by atoms with Crippen LogP contribution in [0.4, 0.5) is 0 Å². The number of para-hydroxylation sites is 1. The second-order valence-electron chi connectivity index (χ2n) is 5.86. The molecule has 1 aromatic carbocycles. The molecule has 0 unspecified atom stereocenters. The topological polar surface area (TPSA) is 67.6 Å². The number of rotatable bonds is 4. The molecule has 1 amide bonds. The molecule has 1 fully saturated rings. The molecule has 1 aromatic heterocycles. The van der Waals surface area contributed by atoms with Crippen molar-refractivity contribution in [3.63, 3.8) is 0 Å². The molecule has 1 saturated heterocycles. The van der Waals surface area contributed by atoms with Crippen LogP contribution < -0.4 is 0 Å². The fourth-order valence-corrected chi connectivity index (χ4v) is 4.80. The Morgan fingerprint density at radius 3 is 2.78 bits per heavy atom. The summed E-state index contributed by atoms with van der Waals surface area (Å²) in [6.45, 7) is 5.82. The van der Waals surface area contributed by atoms with Crippen molar-refractivity contribution in [1.29, 1.82) is 0 Å². The monoisotopic (exact) mass is 333 g/mol. The summed E-state index contributed by atoms with van der Waals surface area (Å²) >= 11 is 0. The lowest BCUT2D eigenvalue weighted by Crippen LogP contribution is -2.41. The van der Waals surface area contributed by atoms with Gasteiger partial charge in [0.05, 0.1) is 11.5 Å². The lowest BCUT2D eigenvalue weighted by atomic mass is 10.1. The third kappa shape index (κ3) is 2.91. The zero-order valence-corrected chi connectivity index (χ0v) is 13.8. The number of fused-ring (bicyclic) bond motifs is 1. The number of amides is 1. The fraction of sp³-hybridized carbons (Fsp3) is 0.353. The summed E-state index contributed by atoms with van der Waals surface area (Å²) < 4.78 is 29.2. The molecule has 1 aliphatic rings. The summed E-state index contributed by atoms with van der Waals surface area (Å²) in [5, 5.41) is 0.897. The molecule has 2 heterocycles. The van der Waals surface area contributed by atoms with Gasteiger partial charge < -0.3 is 9.32 Å². The van der Waals surface area contributed by atoms with E-state index in [9.17, 15) is 13.2 Å². The molecule has 1 aliphatic heterocycles. The normalized spacial score (nSPS) is 19.8. The first-order chi connectivity index (χ1) is 10.9. The maximum absolute atomic E-state index is 12.9. The zero-order chi connectivity index (χ0) is 16.6. The Labute approximate surface area is 135 Å². The second-order valence-corrected chi connectivity index (χ2v) is 8.08. The molecular formula is C17H19NO4S. The van der Waals surface area contributed by atoms with Gasteiger partial charge in [-0.3, -0.25) is 4.79 Å². The first-order valence-corrected chi connectivity index (χ1v) is 9.35. The van der Waals surface area contributed by atoms with E-state index in [1.807, 2.05) is 31.2 Å². The van der Waals surface area contributed by atoms with Crippen molar-refractivity contribution in [3.8, 4) is 0 Å². The van der Waals surface area contributed by atoms with Crippen molar-refractivity contribution in [2.45, 2.75) is 19.4 Å². The Bertz CT molecular complexity index is 866. The van der Waals surface area contributed by atoms with E-state index in [1.165, 1.54) is 0 Å². The molecule has 0 bridgehead atoms. The third-order valence-electron chi connectivity index (χ3n) is 4.27. The van der Waals surface area contributed by atoms with Crippen LogP contribution >= 0.6 is 0 Å². The molecule has 23 heavy (non-hydrogen) atoms. The number of benzene rings is 1. The minimum atomic E-state index is -3.07. The van der Waals surface area contributed by atoms with Crippen LogP contribution in [0, 0.1) is 6.92 Å². The molecule has 2 aromatic rings. The van der Waals surface area contributed by atoms with Gasteiger partial charge in [-0.25, -0.2) is 8.42 Å². The number of hydrogen-bond acceptors (Lipinski definition) is 4. The van der Waals surface area contributed by atoms with E-state index in [0.29, 0.717) is 18.5 Å². The van der Waals surface area contributed by atoms with Crippen LogP contribution in [-0.4, -0.2) is 43.3 Å². The van der Waals surface area contributed by atoms with Gasteiger partial charge >= 0.3 is 0 Å². The fourth-order valence-electron chi connectivity index (χ4n) is 3.07. The van der Waals surface area contributed by atoms with Crippen LogP contribution in [0.15, 0.2) is 41.3 Å². The van der Waals surface area contributed by atoms with Gasteiger partial charge in [-0.15, -0.1) is 6.58 Å². The summed E-state index contributed by atoms with van der Waals surface area (Å²) in [5.74, 6) is 0.127. The Kier molecular flexibility index (Phi) is 4.02. The van der Waals surface area contributed by atoms with Crippen molar-refractivity contribution in [2.75, 3.05) is 18.1 Å². The molecule has 1 atom stereocenters. The Morgan fingerprint density at radius 1 is 1.43 bits per heavy atom. The highest BCUT2D eigenvalue weighted by Crippen LogP contribution is 2.28. The average molecular weight is 333 g/mol. The maximum atomic E-state index is 12.9. The van der Waals surface area contributed by atoms with E-state index in [4.69, 9.17) is 4.42 Å². The van der Waals surface area contributed by atoms with Gasteiger partial charge in [0.25, 0.3) is 5.91 Å². The number of sulfone groups is 1. The van der Waals surface area contributed by atoms with E-state index in [1.54, 1.807) is 11.0 Å². The number of hydrogen-bond donors (Lipinski definition) is 0. The van der Waals surface area contributed by atoms with Crippen molar-refractivity contribution in [3.05, 3.63) is 48.2 Å². The number of aryl methyl sites for hydroxylation is 1. The molecule has 0 spiro atoms. The largest absolute Gasteiger partial charge is 0.451 e. The van der Waals surface area contributed by atoms with Gasteiger partial charge in [0.15, 0.2) is 15.6 Å². The maximum Gasteiger partial charge on any atom is 0.290 e. The second kappa shape index (κ2) is 5.85. The first kappa shape index (κ1) is 15.8. The van der Waals surface area contributed by atoms with Crippen LogP contribution in [0.2, 0.25) is 0 Å². The van der Waals surface area contributed by atoms with Gasteiger partial charge in [0.2, 0.25) is 0 Å². The smallest absolute Gasteiger partial charge is 0.290 e. The number of carbonyl (C=O) groups excluding carboxylic acids is 1. The van der Waals surface area contributed by atoms with Crippen LogP contribution in [-0.2, 0) is 9.84 Å². The Morgan fingerprint density at radius 2 is 2.17 bits per heavy atom. The molecular weight excluding hydrogens is 314 g/mol. The van der Waals surface area contributed by atoms with E-state index in [2.05, 4.69) is 6.58 Å². The summed E-state index contributed by atoms with van der Waals surface area (Å²) in [6.07, 6.45) is 2.07. The molecule has 0 radical (unpaired) electrons. The van der Waals surface area contributed by atoms with E-state index < -0.39 is 9.84 Å². The number of carbonyl (C=O) groups is 1. The van der Waals surface area contributed by atoms with Crippen LogP contribution in [0.3, 0.4) is 0 Å². The van der Waals surface area contributed by atoms with Gasteiger partial charge in [0, 0.05) is 23.5 Å². The van der Waals surface area contributed by atoms with Crippen LogP contribution in [0.25, 0.3) is 11.0 Å². The zero-order valence-electron chi connectivity index (χ0n) is 13.0. The molecule has 0 aliphatic carbocycles. The average Bonchev–Trinajstić information content (AvgIpc) is 3.05. The summed E-state index contributed by atoms with van der Waals surface area (Å²) in [7, 11) is -3.07. The van der Waals surface area contributed by atoms with Gasteiger partial charge in [-0.1, -0.05) is 24.3 Å². The van der Waals surface area contributed by atoms with Crippen LogP contribution in [0.5, 0.6) is 0 Å². The van der Waals surface area contributed by atoms with Crippen LogP contribution in [0.1, 0.15) is 22.5 Å². The molecule has 0 N–H and O–H groups in total. The number of furan rings is 1. The van der Waals surface area contributed by atoms with Gasteiger partial charge in [-0.05, 0) is 19.4 Å². The van der Waals surface area contributed by atoms with Gasteiger partial charge in [-0.2, -0.15) is 0 Å². The Balaban J connectivity index is 1.97. The minimum absolute atomic E-state index is 0.00581. The van der Waals surface area contributed by atoms with Gasteiger partial charge in [0.1, 0.15) is 5.58 Å².